The summed E-state index contributed by atoms with van der Waals surface area (Å²) >= 11 is 5.77. The lowest BCUT2D eigenvalue weighted by molar-refractivity contribution is 0.177. The lowest BCUT2D eigenvalue weighted by Crippen LogP contribution is -2.07. The zero-order chi connectivity index (χ0) is 11.0. The van der Waals surface area contributed by atoms with Gasteiger partial charge in [-0.05, 0) is 24.6 Å². The Morgan fingerprint density at radius 2 is 2.27 bits per heavy atom. The van der Waals surface area contributed by atoms with Crippen LogP contribution in [-0.2, 0) is 0 Å². The molecule has 0 amide bonds. The predicted octanol–water partition coefficient (Wildman–Crippen LogP) is 1.78. The van der Waals surface area contributed by atoms with E-state index in [1.54, 1.807) is 25.1 Å². The number of fused-ring (bicyclic) bond motifs is 1. The van der Waals surface area contributed by atoms with Crippen LogP contribution in [0.5, 0.6) is 0 Å². The zero-order valence-electron chi connectivity index (χ0n) is 8.03. The average Bonchev–Trinajstić information content (AvgIpc) is 2.55. The van der Waals surface area contributed by atoms with Crippen molar-refractivity contribution in [3.8, 4) is 0 Å². The number of benzene rings is 1. The first kappa shape index (κ1) is 10.3. The van der Waals surface area contributed by atoms with Gasteiger partial charge in [0.2, 0.25) is 0 Å². The second kappa shape index (κ2) is 3.72. The summed E-state index contributed by atoms with van der Waals surface area (Å²) in [6.45, 7) is 1.70. The normalized spacial score (nSPS) is 15.4. The molecule has 0 saturated carbocycles. The number of nitrogens with one attached hydrogen (secondary N) is 1. The summed E-state index contributed by atoms with van der Waals surface area (Å²) in [5.41, 5.74) is 1.69. The molecule has 80 valence electrons. The van der Waals surface area contributed by atoms with E-state index >= 15 is 0 Å². The molecule has 0 radical (unpaired) electrons. The van der Waals surface area contributed by atoms with Crippen LogP contribution >= 0.6 is 11.6 Å². The largest absolute Gasteiger partial charge is 0.417 e. The second-order valence-electron chi connectivity index (χ2n) is 3.39. The molecule has 0 aliphatic rings. The van der Waals surface area contributed by atoms with Crippen LogP contribution in [0.2, 0.25) is 0 Å². The highest BCUT2D eigenvalue weighted by Gasteiger charge is 2.14. The molecule has 15 heavy (non-hydrogen) atoms. The van der Waals surface area contributed by atoms with Gasteiger partial charge in [-0.1, -0.05) is 6.07 Å². The van der Waals surface area contributed by atoms with Crippen molar-refractivity contribution in [1.29, 1.82) is 0 Å². The van der Waals surface area contributed by atoms with Crippen LogP contribution in [0.1, 0.15) is 18.6 Å². The van der Waals surface area contributed by atoms with Gasteiger partial charge in [0.05, 0.1) is 17.0 Å². The van der Waals surface area contributed by atoms with E-state index < -0.39 is 11.9 Å². The molecule has 0 aliphatic carbocycles. The molecule has 1 aromatic heterocycles. The van der Waals surface area contributed by atoms with Gasteiger partial charge < -0.3 is 9.52 Å². The molecule has 2 rings (SSSR count). The van der Waals surface area contributed by atoms with Crippen molar-refractivity contribution in [1.82, 2.24) is 4.98 Å². The summed E-state index contributed by atoms with van der Waals surface area (Å²) in [5.74, 6) is -0.504. The van der Waals surface area contributed by atoms with Gasteiger partial charge in [0.1, 0.15) is 0 Å². The highest BCUT2D eigenvalue weighted by Crippen LogP contribution is 2.23. The Labute approximate surface area is 90.5 Å². The molecular formula is C10H10ClNO3. The van der Waals surface area contributed by atoms with E-state index in [2.05, 4.69) is 4.98 Å². The fourth-order valence-electron chi connectivity index (χ4n) is 1.42. The van der Waals surface area contributed by atoms with Gasteiger partial charge in [0.15, 0.2) is 5.58 Å². The van der Waals surface area contributed by atoms with Crippen molar-refractivity contribution in [3.05, 3.63) is 34.3 Å². The number of H-pyrrole nitrogens is 1. The van der Waals surface area contributed by atoms with Crippen molar-refractivity contribution in [2.45, 2.75) is 18.4 Å². The van der Waals surface area contributed by atoms with Crippen molar-refractivity contribution in [2.75, 3.05) is 0 Å². The highest BCUT2D eigenvalue weighted by molar-refractivity contribution is 6.20. The van der Waals surface area contributed by atoms with Crippen LogP contribution in [0.4, 0.5) is 0 Å². The molecule has 0 fully saturated rings. The van der Waals surface area contributed by atoms with Crippen molar-refractivity contribution >= 4 is 22.7 Å². The number of alkyl halides is 1. The molecule has 0 aliphatic heterocycles. The maximum absolute atomic E-state index is 10.9. The Balaban J connectivity index is 2.50. The van der Waals surface area contributed by atoms with Gasteiger partial charge in [-0.15, -0.1) is 11.6 Å². The second-order valence-corrected chi connectivity index (χ2v) is 4.08. The lowest BCUT2D eigenvalue weighted by Gasteiger charge is -2.12. The van der Waals surface area contributed by atoms with Crippen LogP contribution in [0.25, 0.3) is 11.1 Å². The summed E-state index contributed by atoms with van der Waals surface area (Å²) < 4.78 is 4.84. The predicted molar refractivity (Wildman–Crippen MR) is 57.1 cm³/mol. The van der Waals surface area contributed by atoms with E-state index in [-0.39, 0.29) is 5.38 Å². The Bertz CT molecular complexity index is 529. The van der Waals surface area contributed by atoms with Crippen LogP contribution < -0.4 is 5.76 Å². The standard InChI is InChI=1S/C10H10ClNO3/c1-5(11)9(13)6-2-3-8-7(4-6)12-10(14)15-8/h2-5,9,13H,1H3,(H,12,14). The van der Waals surface area contributed by atoms with E-state index in [9.17, 15) is 9.90 Å². The minimum absolute atomic E-state index is 0.388. The van der Waals surface area contributed by atoms with E-state index in [1.807, 2.05) is 0 Å². The maximum Gasteiger partial charge on any atom is 0.417 e. The fraction of sp³-hybridized carbons (Fsp3) is 0.300. The Morgan fingerprint density at radius 1 is 1.53 bits per heavy atom. The average molecular weight is 228 g/mol. The van der Waals surface area contributed by atoms with Crippen molar-refractivity contribution < 1.29 is 9.52 Å². The monoisotopic (exact) mass is 227 g/mol. The summed E-state index contributed by atoms with van der Waals surface area (Å²) in [7, 11) is 0. The molecule has 5 heteroatoms. The molecule has 2 aromatic rings. The number of aromatic amines is 1. The molecule has 2 N–H and O–H groups in total. The Kier molecular flexibility index (Phi) is 2.54. The van der Waals surface area contributed by atoms with E-state index in [4.69, 9.17) is 16.0 Å². The van der Waals surface area contributed by atoms with Gasteiger partial charge in [-0.2, -0.15) is 0 Å². The van der Waals surface area contributed by atoms with Crippen LogP contribution in [0.3, 0.4) is 0 Å². The number of aliphatic hydroxyl groups is 1. The quantitative estimate of drug-likeness (QED) is 0.769. The molecule has 0 spiro atoms. The van der Waals surface area contributed by atoms with Crippen LogP contribution in [-0.4, -0.2) is 15.5 Å². The number of aromatic nitrogens is 1. The third-order valence-corrected chi connectivity index (χ3v) is 2.46. The van der Waals surface area contributed by atoms with Crippen molar-refractivity contribution in [2.24, 2.45) is 0 Å². The molecule has 2 atom stereocenters. The van der Waals surface area contributed by atoms with Gasteiger partial charge in [-0.25, -0.2) is 4.79 Å². The summed E-state index contributed by atoms with van der Waals surface area (Å²) in [6.07, 6.45) is -0.755. The molecule has 0 saturated heterocycles. The molecule has 2 unspecified atom stereocenters. The Hall–Kier alpha value is -1.26. The number of oxazole rings is 1. The van der Waals surface area contributed by atoms with Crippen LogP contribution in [0.15, 0.2) is 27.4 Å². The first-order valence-electron chi connectivity index (χ1n) is 4.53. The maximum atomic E-state index is 10.9. The third kappa shape index (κ3) is 1.91. The number of halogens is 1. The molecule has 4 nitrogen and oxygen atoms in total. The topological polar surface area (TPSA) is 66.2 Å². The number of aliphatic hydroxyl groups excluding tert-OH is 1. The highest BCUT2D eigenvalue weighted by atomic mass is 35.5. The van der Waals surface area contributed by atoms with E-state index in [0.717, 1.165) is 0 Å². The van der Waals surface area contributed by atoms with Gasteiger partial charge in [-0.3, -0.25) is 4.98 Å². The molecule has 1 heterocycles. The van der Waals surface area contributed by atoms with Gasteiger partial charge in [0.25, 0.3) is 0 Å². The van der Waals surface area contributed by atoms with Crippen molar-refractivity contribution in [3.63, 3.8) is 0 Å². The summed E-state index contributed by atoms with van der Waals surface area (Å²) in [4.78, 5) is 13.4. The SMILES string of the molecule is CC(Cl)C(O)c1ccc2oc(=O)[nH]c2c1. The molecular weight excluding hydrogens is 218 g/mol. The first-order valence-corrected chi connectivity index (χ1v) is 4.96. The molecule has 0 bridgehead atoms. The Morgan fingerprint density at radius 3 is 2.93 bits per heavy atom. The minimum Gasteiger partial charge on any atom is -0.408 e. The zero-order valence-corrected chi connectivity index (χ0v) is 8.78. The van der Waals surface area contributed by atoms with Gasteiger partial charge >= 0.3 is 5.76 Å². The van der Waals surface area contributed by atoms with Gasteiger partial charge in [0, 0.05) is 0 Å². The smallest absolute Gasteiger partial charge is 0.408 e. The van der Waals surface area contributed by atoms with Crippen LogP contribution in [0, 0.1) is 0 Å². The lowest BCUT2D eigenvalue weighted by atomic mass is 10.1. The summed E-state index contributed by atoms with van der Waals surface area (Å²) in [5, 5.41) is 9.32. The van der Waals surface area contributed by atoms with E-state index in [1.165, 1.54) is 0 Å². The number of hydrogen-bond donors (Lipinski definition) is 2. The minimum atomic E-state index is -0.755. The number of hydrogen-bond acceptors (Lipinski definition) is 3. The first-order chi connectivity index (χ1) is 7.08. The third-order valence-electron chi connectivity index (χ3n) is 2.22. The molecule has 1 aromatic carbocycles. The fourth-order valence-corrected chi connectivity index (χ4v) is 1.56. The summed E-state index contributed by atoms with van der Waals surface area (Å²) in [6, 6.07) is 4.97. The number of rotatable bonds is 2. The van der Waals surface area contributed by atoms with E-state index in [0.29, 0.717) is 16.7 Å².